The molecule has 162 valence electrons. The number of hydrogen-bond donors (Lipinski definition) is 2. The lowest BCUT2D eigenvalue weighted by atomic mass is 10.1. The van der Waals surface area contributed by atoms with Gasteiger partial charge in [0.25, 0.3) is 5.91 Å². The van der Waals surface area contributed by atoms with Crippen molar-refractivity contribution in [3.8, 4) is 5.69 Å². The second-order valence-corrected chi connectivity index (χ2v) is 8.17. The molecule has 3 aromatic rings. The Morgan fingerprint density at radius 3 is 2.69 bits per heavy atom. The molecule has 1 aliphatic heterocycles. The first-order valence-corrected chi connectivity index (χ1v) is 10.7. The number of amides is 4. The van der Waals surface area contributed by atoms with Gasteiger partial charge < -0.3 is 10.6 Å². The Kier molecular flexibility index (Phi) is 4.97. The highest BCUT2D eigenvalue weighted by Gasteiger charge is 2.29. The first-order chi connectivity index (χ1) is 15.5. The van der Waals surface area contributed by atoms with Crippen LogP contribution in [0.25, 0.3) is 5.69 Å². The Morgan fingerprint density at radius 1 is 1.12 bits per heavy atom. The smallest absolute Gasteiger partial charge is 0.324 e. The number of hydrogen-bond acceptors (Lipinski definition) is 4. The topological polar surface area (TPSA) is 96.3 Å². The normalized spacial score (nSPS) is 15.1. The Hall–Kier alpha value is -3.94. The second kappa shape index (κ2) is 7.96. The predicted octanol–water partition coefficient (Wildman–Crippen LogP) is 2.97. The summed E-state index contributed by atoms with van der Waals surface area (Å²) >= 11 is 0. The fraction of sp³-hybridized carbons (Fsp3) is 0.250. The van der Waals surface area contributed by atoms with Crippen LogP contribution < -0.4 is 10.6 Å². The van der Waals surface area contributed by atoms with Gasteiger partial charge >= 0.3 is 6.03 Å². The molecule has 4 amide bonds. The number of aromatic nitrogens is 2. The van der Waals surface area contributed by atoms with Crippen LogP contribution >= 0.6 is 0 Å². The summed E-state index contributed by atoms with van der Waals surface area (Å²) in [5.74, 6) is -0.525. The Morgan fingerprint density at radius 2 is 1.94 bits per heavy atom. The number of imide groups is 1. The number of rotatable bonds is 5. The van der Waals surface area contributed by atoms with E-state index in [-0.39, 0.29) is 24.9 Å². The highest BCUT2D eigenvalue weighted by Crippen LogP contribution is 2.28. The predicted molar refractivity (Wildman–Crippen MR) is 119 cm³/mol. The summed E-state index contributed by atoms with van der Waals surface area (Å²) in [4.78, 5) is 37.9. The zero-order chi connectivity index (χ0) is 22.2. The van der Waals surface area contributed by atoms with E-state index in [0.717, 1.165) is 46.7 Å². The van der Waals surface area contributed by atoms with Gasteiger partial charge in [-0.05, 0) is 56.0 Å². The van der Waals surface area contributed by atoms with Crippen molar-refractivity contribution in [2.45, 2.75) is 32.7 Å². The molecular weight excluding hydrogens is 406 g/mol. The molecule has 0 radical (unpaired) electrons. The molecule has 1 saturated heterocycles. The molecule has 1 fully saturated rings. The van der Waals surface area contributed by atoms with Crippen molar-refractivity contribution >= 4 is 23.5 Å². The van der Waals surface area contributed by atoms with Crippen molar-refractivity contribution in [2.24, 2.45) is 0 Å². The lowest BCUT2D eigenvalue weighted by Gasteiger charge is -2.13. The van der Waals surface area contributed by atoms with Crippen molar-refractivity contribution in [1.82, 2.24) is 20.0 Å². The first-order valence-electron chi connectivity index (χ1n) is 10.7. The average molecular weight is 429 g/mol. The van der Waals surface area contributed by atoms with E-state index in [0.29, 0.717) is 11.4 Å². The van der Waals surface area contributed by atoms with E-state index < -0.39 is 6.03 Å². The molecule has 2 aliphatic rings. The van der Waals surface area contributed by atoms with Gasteiger partial charge in [-0.3, -0.25) is 14.5 Å². The SMILES string of the molecule is Cc1ccc(-n2nc(C(=O)Nc3cccc(CN4C(=O)CNC4=O)c3)c3c2CCC3)cc1. The van der Waals surface area contributed by atoms with Gasteiger partial charge in [0.05, 0.1) is 18.8 Å². The molecule has 2 heterocycles. The van der Waals surface area contributed by atoms with E-state index in [1.807, 2.05) is 41.9 Å². The maximum Gasteiger partial charge on any atom is 0.324 e. The number of fused-ring (bicyclic) bond motifs is 1. The summed E-state index contributed by atoms with van der Waals surface area (Å²) in [6.45, 7) is 2.21. The summed E-state index contributed by atoms with van der Waals surface area (Å²) in [7, 11) is 0. The van der Waals surface area contributed by atoms with Crippen LogP contribution in [-0.2, 0) is 24.2 Å². The lowest BCUT2D eigenvalue weighted by molar-refractivity contribution is -0.125. The summed E-state index contributed by atoms with van der Waals surface area (Å²) in [6, 6.07) is 14.9. The van der Waals surface area contributed by atoms with Crippen LogP contribution in [0.2, 0.25) is 0 Å². The number of carbonyl (C=O) groups excluding carboxylic acids is 3. The van der Waals surface area contributed by atoms with Gasteiger partial charge in [0.2, 0.25) is 5.91 Å². The highest BCUT2D eigenvalue weighted by atomic mass is 16.2. The van der Waals surface area contributed by atoms with Crippen molar-refractivity contribution in [1.29, 1.82) is 0 Å². The number of nitrogens with one attached hydrogen (secondary N) is 2. The third-order valence-electron chi connectivity index (χ3n) is 5.89. The molecule has 0 bridgehead atoms. The van der Waals surface area contributed by atoms with Crippen molar-refractivity contribution in [3.05, 3.63) is 76.6 Å². The minimum atomic E-state index is -0.401. The van der Waals surface area contributed by atoms with Gasteiger partial charge in [0, 0.05) is 16.9 Å². The van der Waals surface area contributed by atoms with Gasteiger partial charge in [0.15, 0.2) is 5.69 Å². The van der Waals surface area contributed by atoms with E-state index in [2.05, 4.69) is 15.7 Å². The van der Waals surface area contributed by atoms with Crippen LogP contribution in [0.4, 0.5) is 10.5 Å². The summed E-state index contributed by atoms with van der Waals surface area (Å²) in [5.41, 5.74) is 5.99. The van der Waals surface area contributed by atoms with E-state index >= 15 is 0 Å². The van der Waals surface area contributed by atoms with E-state index in [1.165, 1.54) is 5.56 Å². The van der Waals surface area contributed by atoms with Crippen LogP contribution in [0, 0.1) is 6.92 Å². The molecule has 0 unspecified atom stereocenters. The van der Waals surface area contributed by atoms with Gasteiger partial charge in [-0.25, -0.2) is 9.48 Å². The summed E-state index contributed by atoms with van der Waals surface area (Å²) < 4.78 is 1.88. The Labute approximate surface area is 185 Å². The van der Waals surface area contributed by atoms with E-state index in [4.69, 9.17) is 0 Å². The van der Waals surface area contributed by atoms with Crippen molar-refractivity contribution in [2.75, 3.05) is 11.9 Å². The number of aryl methyl sites for hydroxylation is 1. The fourth-order valence-electron chi connectivity index (χ4n) is 4.25. The maximum atomic E-state index is 13.1. The first kappa shape index (κ1) is 20.0. The molecule has 2 aromatic carbocycles. The Balaban J connectivity index is 1.38. The van der Waals surface area contributed by atoms with Gasteiger partial charge in [-0.2, -0.15) is 5.10 Å². The largest absolute Gasteiger partial charge is 0.329 e. The van der Waals surface area contributed by atoms with E-state index in [1.54, 1.807) is 18.2 Å². The van der Waals surface area contributed by atoms with Crippen molar-refractivity contribution < 1.29 is 14.4 Å². The van der Waals surface area contributed by atoms with Gasteiger partial charge in [-0.15, -0.1) is 0 Å². The quantitative estimate of drug-likeness (QED) is 0.610. The van der Waals surface area contributed by atoms with Gasteiger partial charge in [-0.1, -0.05) is 29.8 Å². The molecular formula is C24H23N5O3. The number of nitrogens with zero attached hydrogens (tertiary/aromatic N) is 3. The standard InChI is InChI=1S/C24H23N5O3/c1-15-8-10-18(11-9-15)29-20-7-3-6-19(20)22(27-29)23(31)26-17-5-2-4-16(12-17)14-28-21(30)13-25-24(28)32/h2,4-5,8-12H,3,6-7,13-14H2,1H3,(H,25,32)(H,26,31). The molecule has 1 aromatic heterocycles. The molecule has 0 spiro atoms. The third-order valence-corrected chi connectivity index (χ3v) is 5.89. The monoisotopic (exact) mass is 429 g/mol. The summed E-state index contributed by atoms with van der Waals surface area (Å²) in [6.07, 6.45) is 2.72. The van der Waals surface area contributed by atoms with E-state index in [9.17, 15) is 14.4 Å². The van der Waals surface area contributed by atoms with Crippen LogP contribution in [0.15, 0.2) is 48.5 Å². The van der Waals surface area contributed by atoms with Gasteiger partial charge in [0.1, 0.15) is 0 Å². The molecule has 32 heavy (non-hydrogen) atoms. The molecule has 2 N–H and O–H groups in total. The fourth-order valence-corrected chi connectivity index (χ4v) is 4.25. The van der Waals surface area contributed by atoms with Crippen molar-refractivity contribution in [3.63, 3.8) is 0 Å². The molecule has 0 atom stereocenters. The minimum absolute atomic E-state index is 0.0179. The molecule has 8 heteroatoms. The minimum Gasteiger partial charge on any atom is -0.329 e. The molecule has 1 aliphatic carbocycles. The average Bonchev–Trinajstić information content (AvgIpc) is 3.47. The second-order valence-electron chi connectivity index (χ2n) is 8.17. The van der Waals surface area contributed by atoms with Crippen LogP contribution in [0.1, 0.15) is 39.3 Å². The maximum absolute atomic E-state index is 13.1. The van der Waals surface area contributed by atoms with Crippen LogP contribution in [0.3, 0.4) is 0 Å². The number of anilines is 1. The molecule has 5 rings (SSSR count). The van der Waals surface area contributed by atoms with Crippen LogP contribution in [0.5, 0.6) is 0 Å². The Bertz CT molecular complexity index is 1210. The number of urea groups is 1. The zero-order valence-electron chi connectivity index (χ0n) is 17.7. The van der Waals surface area contributed by atoms with Crippen LogP contribution in [-0.4, -0.2) is 39.1 Å². The number of carbonyl (C=O) groups is 3. The lowest BCUT2D eigenvalue weighted by Crippen LogP contribution is -2.30. The third kappa shape index (κ3) is 3.64. The molecule has 8 nitrogen and oxygen atoms in total. The molecule has 0 saturated carbocycles. The highest BCUT2D eigenvalue weighted by molar-refractivity contribution is 6.04. The number of benzene rings is 2. The summed E-state index contributed by atoms with van der Waals surface area (Å²) in [5, 5.41) is 10.1. The zero-order valence-corrected chi connectivity index (χ0v) is 17.7.